The minimum atomic E-state index is -0.933. The van der Waals surface area contributed by atoms with Crippen molar-refractivity contribution in [2.24, 2.45) is 4.99 Å². The molecule has 0 saturated heterocycles. The van der Waals surface area contributed by atoms with E-state index in [9.17, 15) is 14.7 Å². The predicted molar refractivity (Wildman–Crippen MR) is 176 cm³/mol. The van der Waals surface area contributed by atoms with Crippen molar-refractivity contribution >= 4 is 35.6 Å². The number of aliphatic imine (C=N–C) groups is 1. The molecule has 0 spiro atoms. The van der Waals surface area contributed by atoms with Crippen molar-refractivity contribution in [2.45, 2.75) is 91.9 Å². The summed E-state index contributed by atoms with van der Waals surface area (Å²) in [5.74, 6) is 1.75. The molecule has 0 unspecified atom stereocenters. The van der Waals surface area contributed by atoms with Crippen LogP contribution in [0.15, 0.2) is 59.5 Å². The summed E-state index contributed by atoms with van der Waals surface area (Å²) in [6, 6.07) is 7.91. The summed E-state index contributed by atoms with van der Waals surface area (Å²) >= 11 is 0. The number of carbonyl (C=O) groups excluding carboxylic acids is 2. The molecule has 2 N–H and O–H groups in total. The molecule has 1 aliphatic heterocycles. The molecule has 1 saturated carbocycles. The van der Waals surface area contributed by atoms with E-state index in [1.165, 1.54) is 6.21 Å². The Morgan fingerprint density at radius 1 is 1.11 bits per heavy atom. The number of pyridine rings is 1. The van der Waals surface area contributed by atoms with Gasteiger partial charge in [0, 0.05) is 42.1 Å². The van der Waals surface area contributed by atoms with Crippen LogP contribution in [0.25, 0.3) is 11.3 Å². The van der Waals surface area contributed by atoms with Crippen LogP contribution in [0.3, 0.4) is 0 Å². The van der Waals surface area contributed by atoms with Gasteiger partial charge in [-0.15, -0.1) is 0 Å². The molecule has 1 aromatic heterocycles. The number of aromatic nitrogens is 1. The Bertz CT molecular complexity index is 1520. The number of nitrogens with zero attached hydrogens (tertiary/aromatic N) is 3. The average molecular weight is 617 g/mol. The number of ether oxygens (including phenoxy) is 3. The number of anilines is 1. The zero-order chi connectivity index (χ0) is 32.9. The summed E-state index contributed by atoms with van der Waals surface area (Å²) in [4.78, 5) is 35.3. The van der Waals surface area contributed by atoms with Crippen molar-refractivity contribution in [3.63, 3.8) is 0 Å². The second-order valence-corrected chi connectivity index (χ2v) is 13.1. The van der Waals surface area contributed by atoms with Gasteiger partial charge < -0.3 is 24.6 Å². The molecule has 2 amide bonds. The molecule has 4 rings (SSSR count). The first-order chi connectivity index (χ1) is 21.1. The van der Waals surface area contributed by atoms with Gasteiger partial charge >= 0.3 is 12.2 Å². The van der Waals surface area contributed by atoms with Crippen LogP contribution in [0.1, 0.15) is 90.0 Å². The number of aliphatic hydroxyl groups excluding tert-OH is 1. The van der Waals surface area contributed by atoms with Crippen molar-refractivity contribution in [1.29, 1.82) is 0 Å². The van der Waals surface area contributed by atoms with Crippen LogP contribution in [-0.2, 0) is 22.4 Å². The molecule has 2 heterocycles. The molecule has 1 aliphatic carbocycles. The number of carbonyl (C=O) groups is 2. The molecule has 240 valence electrons. The smallest absolute Gasteiger partial charge is 0.425 e. The molecule has 2 aliphatic rings. The Kier molecular flexibility index (Phi) is 10.1. The van der Waals surface area contributed by atoms with E-state index in [1.807, 2.05) is 31.2 Å². The maximum atomic E-state index is 12.8. The fraction of sp³-hybridized carbons (Fsp3) is 0.429. The number of amides is 2. The molecule has 1 aromatic carbocycles. The van der Waals surface area contributed by atoms with Gasteiger partial charge in [-0.3, -0.25) is 0 Å². The molecule has 0 radical (unpaired) electrons. The highest BCUT2D eigenvalue weighted by Gasteiger charge is 2.33. The van der Waals surface area contributed by atoms with Gasteiger partial charge in [0.25, 0.3) is 0 Å². The van der Waals surface area contributed by atoms with E-state index < -0.39 is 23.4 Å². The first-order valence-electron chi connectivity index (χ1n) is 15.2. The van der Waals surface area contributed by atoms with Crippen LogP contribution in [0.4, 0.5) is 15.4 Å². The number of benzene rings is 1. The second-order valence-electron chi connectivity index (χ2n) is 13.1. The normalized spacial score (nSPS) is 14.7. The molecule has 2 aromatic rings. The van der Waals surface area contributed by atoms with Crippen LogP contribution >= 0.6 is 0 Å². The van der Waals surface area contributed by atoms with Gasteiger partial charge in [-0.2, -0.15) is 4.90 Å². The first-order valence-corrected chi connectivity index (χ1v) is 15.2. The monoisotopic (exact) mass is 616 g/mol. The van der Waals surface area contributed by atoms with Crippen LogP contribution in [-0.4, -0.2) is 51.2 Å². The van der Waals surface area contributed by atoms with Gasteiger partial charge in [-0.05, 0) is 96.6 Å². The zero-order valence-corrected chi connectivity index (χ0v) is 27.3. The Balaban J connectivity index is 1.48. The third-order valence-electron chi connectivity index (χ3n) is 7.06. The number of imide groups is 1. The molecule has 1 fully saturated rings. The summed E-state index contributed by atoms with van der Waals surface area (Å²) in [6.07, 6.45) is 6.83. The van der Waals surface area contributed by atoms with E-state index >= 15 is 0 Å². The minimum Gasteiger partial charge on any atom is -0.507 e. The summed E-state index contributed by atoms with van der Waals surface area (Å²) < 4.78 is 16.8. The van der Waals surface area contributed by atoms with E-state index in [0.29, 0.717) is 30.2 Å². The highest BCUT2D eigenvalue weighted by molar-refractivity contribution is 5.92. The molecule has 45 heavy (non-hydrogen) atoms. The van der Waals surface area contributed by atoms with Crippen LogP contribution in [0.5, 0.6) is 5.75 Å². The molecule has 0 bridgehead atoms. The van der Waals surface area contributed by atoms with Gasteiger partial charge in [0.05, 0.1) is 6.61 Å². The van der Waals surface area contributed by atoms with Gasteiger partial charge in [-0.1, -0.05) is 24.8 Å². The van der Waals surface area contributed by atoms with Crippen LogP contribution in [0, 0.1) is 0 Å². The summed E-state index contributed by atoms with van der Waals surface area (Å²) in [5.41, 5.74) is 3.92. The van der Waals surface area contributed by atoms with Crippen LogP contribution < -0.4 is 10.1 Å². The fourth-order valence-electron chi connectivity index (χ4n) is 4.71. The lowest BCUT2D eigenvalue weighted by Crippen LogP contribution is -2.42. The number of hydrogen-bond donors (Lipinski definition) is 2. The quantitative estimate of drug-likeness (QED) is 0.225. The van der Waals surface area contributed by atoms with Crippen molar-refractivity contribution in [3.8, 4) is 5.75 Å². The Morgan fingerprint density at radius 2 is 1.78 bits per heavy atom. The third-order valence-corrected chi connectivity index (χ3v) is 7.06. The first kappa shape index (κ1) is 33.3. The van der Waals surface area contributed by atoms with Gasteiger partial charge in [0.2, 0.25) is 0 Å². The van der Waals surface area contributed by atoms with E-state index in [4.69, 9.17) is 19.2 Å². The lowest BCUT2D eigenvalue weighted by molar-refractivity contribution is 0.00823. The Morgan fingerprint density at radius 3 is 2.38 bits per heavy atom. The summed E-state index contributed by atoms with van der Waals surface area (Å²) in [7, 11) is 0. The van der Waals surface area contributed by atoms with Gasteiger partial charge in [0.15, 0.2) is 0 Å². The Hall–Kier alpha value is -4.60. The molecule has 10 nitrogen and oxygen atoms in total. The van der Waals surface area contributed by atoms with Gasteiger partial charge in [0.1, 0.15) is 34.3 Å². The zero-order valence-electron chi connectivity index (χ0n) is 27.3. The van der Waals surface area contributed by atoms with E-state index in [0.717, 1.165) is 64.2 Å². The highest BCUT2D eigenvalue weighted by Crippen LogP contribution is 2.37. The van der Waals surface area contributed by atoms with Gasteiger partial charge in [-0.25, -0.2) is 19.6 Å². The number of nitrogens with one attached hydrogen (secondary N) is 1. The topological polar surface area (TPSA) is 123 Å². The number of hydrogen-bond acceptors (Lipinski definition) is 9. The Labute approximate surface area is 265 Å². The van der Waals surface area contributed by atoms with E-state index in [1.54, 1.807) is 53.8 Å². The molecule has 10 heteroatoms. The van der Waals surface area contributed by atoms with Crippen molar-refractivity contribution < 1.29 is 28.9 Å². The standard InChI is InChI=1S/C35H44N4O6/c1-22(15-17-36-23(2)39(32(41)44-34(3,4)5)33(42)45-35(6,7)8)28-21-38-31(27-16-18-43-30(27)28)37-20-24-11-9-14-26(19-24)29(40)25-12-10-13-25/h9,11,14-15,17,19,21,40H,2,10,12-13,16,18,20H2,1,3-8H3,(H,37,38)/b22-15+,36-17-. The second kappa shape index (κ2) is 13.6. The molecule has 0 atom stereocenters. The van der Waals surface area contributed by atoms with Crippen molar-refractivity contribution in [3.05, 3.63) is 76.8 Å². The van der Waals surface area contributed by atoms with E-state index in [2.05, 4.69) is 16.9 Å². The van der Waals surface area contributed by atoms with Crippen molar-refractivity contribution in [1.82, 2.24) is 9.88 Å². The maximum Gasteiger partial charge on any atom is 0.425 e. The highest BCUT2D eigenvalue weighted by atomic mass is 16.6. The summed E-state index contributed by atoms with van der Waals surface area (Å²) in [6.45, 7) is 17.0. The van der Waals surface area contributed by atoms with E-state index in [-0.39, 0.29) is 5.82 Å². The SMILES string of the molecule is C=C(/N=C\C=C(/C)c1cnc(NCc2cccc(C(O)=C3CCC3)c2)c2c1OCC2)N(C(=O)OC(C)(C)C)C(=O)OC(C)(C)C. The fourth-order valence-corrected chi connectivity index (χ4v) is 4.71. The largest absolute Gasteiger partial charge is 0.507 e. The van der Waals surface area contributed by atoms with Crippen molar-refractivity contribution in [2.75, 3.05) is 11.9 Å². The number of fused-ring (bicyclic) bond motifs is 1. The molecular formula is C35H44N4O6. The molecular weight excluding hydrogens is 572 g/mol. The summed E-state index contributed by atoms with van der Waals surface area (Å²) in [5, 5.41) is 14.0. The lowest BCUT2D eigenvalue weighted by Gasteiger charge is -2.28. The average Bonchev–Trinajstić information content (AvgIpc) is 3.39. The minimum absolute atomic E-state index is 0.150. The number of rotatable bonds is 8. The number of allylic oxidation sites excluding steroid dienone is 3. The lowest BCUT2D eigenvalue weighted by atomic mass is 9.89. The predicted octanol–water partition coefficient (Wildman–Crippen LogP) is 8.20. The number of aliphatic hydroxyl groups is 1. The third kappa shape index (κ3) is 8.74. The maximum absolute atomic E-state index is 12.8. The van der Waals surface area contributed by atoms with Crippen LogP contribution in [0.2, 0.25) is 0 Å².